The van der Waals surface area contributed by atoms with Gasteiger partial charge < -0.3 is 20.3 Å². The maximum atomic E-state index is 5.70. The Balaban J connectivity index is 2.12. The molecule has 17 heavy (non-hydrogen) atoms. The van der Waals surface area contributed by atoms with Crippen LogP contribution in [-0.4, -0.2) is 51.3 Å². The highest BCUT2D eigenvalue weighted by Crippen LogP contribution is 2.24. The van der Waals surface area contributed by atoms with Crippen LogP contribution in [0.5, 0.6) is 0 Å². The van der Waals surface area contributed by atoms with E-state index in [4.69, 9.17) is 10.5 Å². The summed E-state index contributed by atoms with van der Waals surface area (Å²) in [5.74, 6) is 0. The Bertz CT molecular complexity index is 363. The van der Waals surface area contributed by atoms with Crippen molar-refractivity contribution in [3.63, 3.8) is 0 Å². The van der Waals surface area contributed by atoms with Gasteiger partial charge in [-0.05, 0) is 38.4 Å². The first-order chi connectivity index (χ1) is 8.11. The molecular formula is C13H21N3O. The molecule has 2 unspecified atom stereocenters. The highest BCUT2D eigenvalue weighted by molar-refractivity contribution is 5.54. The maximum Gasteiger partial charge on any atom is 0.0917 e. The molecule has 1 fully saturated rings. The fraction of sp³-hybridized carbons (Fsp3) is 0.538. The normalized spacial score (nSPS) is 24.6. The molecule has 1 heterocycles. The molecule has 0 spiro atoms. The Hall–Kier alpha value is -1.26. The van der Waals surface area contributed by atoms with Crippen molar-refractivity contribution in [2.24, 2.45) is 0 Å². The van der Waals surface area contributed by atoms with E-state index in [1.54, 1.807) is 7.11 Å². The number of anilines is 2. The zero-order chi connectivity index (χ0) is 12.4. The van der Waals surface area contributed by atoms with Crippen molar-refractivity contribution in [2.45, 2.75) is 12.1 Å². The van der Waals surface area contributed by atoms with Crippen LogP contribution in [0.1, 0.15) is 0 Å². The van der Waals surface area contributed by atoms with E-state index in [1.807, 2.05) is 12.1 Å². The fourth-order valence-electron chi connectivity index (χ4n) is 2.38. The molecule has 94 valence electrons. The Labute approximate surface area is 103 Å². The average molecular weight is 235 g/mol. The molecule has 0 amide bonds. The monoisotopic (exact) mass is 235 g/mol. The van der Waals surface area contributed by atoms with Crippen molar-refractivity contribution < 1.29 is 4.74 Å². The quantitative estimate of drug-likeness (QED) is 0.795. The van der Waals surface area contributed by atoms with Crippen LogP contribution < -0.4 is 10.6 Å². The minimum atomic E-state index is 0.266. The van der Waals surface area contributed by atoms with E-state index in [0.29, 0.717) is 6.04 Å². The molecule has 1 aromatic carbocycles. The number of hydrogen-bond acceptors (Lipinski definition) is 4. The van der Waals surface area contributed by atoms with Gasteiger partial charge in [-0.25, -0.2) is 0 Å². The number of nitrogens with two attached hydrogens (primary N) is 1. The standard InChI is InChI=1S/C13H21N3O/c1-15(2)12-8-16(9-13(12)17-3)11-6-4-10(14)5-7-11/h4-7,12-13H,8-9,14H2,1-3H3. The fourth-order valence-corrected chi connectivity index (χ4v) is 2.38. The molecule has 1 aliphatic heterocycles. The van der Waals surface area contributed by atoms with E-state index in [1.165, 1.54) is 5.69 Å². The molecule has 4 nitrogen and oxygen atoms in total. The zero-order valence-electron chi connectivity index (χ0n) is 10.8. The molecule has 1 aromatic rings. The molecular weight excluding hydrogens is 214 g/mol. The molecule has 0 bridgehead atoms. The van der Waals surface area contributed by atoms with Gasteiger partial charge in [-0.2, -0.15) is 0 Å². The van der Waals surface area contributed by atoms with Crippen molar-refractivity contribution >= 4 is 11.4 Å². The lowest BCUT2D eigenvalue weighted by Crippen LogP contribution is -2.39. The minimum absolute atomic E-state index is 0.266. The van der Waals surface area contributed by atoms with E-state index in [9.17, 15) is 0 Å². The van der Waals surface area contributed by atoms with Crippen LogP contribution in [0.15, 0.2) is 24.3 Å². The third-order valence-corrected chi connectivity index (χ3v) is 3.46. The summed E-state index contributed by atoms with van der Waals surface area (Å²) in [4.78, 5) is 4.57. The summed E-state index contributed by atoms with van der Waals surface area (Å²) in [6.07, 6.45) is 0.266. The molecule has 0 radical (unpaired) electrons. The highest BCUT2D eigenvalue weighted by atomic mass is 16.5. The largest absolute Gasteiger partial charge is 0.399 e. The molecule has 0 aliphatic carbocycles. The van der Waals surface area contributed by atoms with E-state index >= 15 is 0 Å². The average Bonchev–Trinajstić information content (AvgIpc) is 2.74. The third kappa shape index (κ3) is 2.53. The van der Waals surface area contributed by atoms with Gasteiger partial charge in [0.15, 0.2) is 0 Å². The Morgan fingerprint density at radius 2 is 1.88 bits per heavy atom. The van der Waals surface area contributed by atoms with Gasteiger partial charge in [-0.15, -0.1) is 0 Å². The first-order valence-corrected chi connectivity index (χ1v) is 5.91. The van der Waals surface area contributed by atoms with Gasteiger partial charge in [0.1, 0.15) is 0 Å². The molecule has 1 aliphatic rings. The molecule has 0 saturated carbocycles. The van der Waals surface area contributed by atoms with Crippen LogP contribution in [0.4, 0.5) is 11.4 Å². The molecule has 4 heteroatoms. The second kappa shape index (κ2) is 4.94. The number of methoxy groups -OCH3 is 1. The van der Waals surface area contributed by atoms with E-state index in [0.717, 1.165) is 18.8 Å². The Morgan fingerprint density at radius 3 is 2.35 bits per heavy atom. The summed E-state index contributed by atoms with van der Waals surface area (Å²) in [5, 5.41) is 0. The van der Waals surface area contributed by atoms with Crippen LogP contribution in [0.3, 0.4) is 0 Å². The van der Waals surface area contributed by atoms with Gasteiger partial charge in [0, 0.05) is 31.6 Å². The van der Waals surface area contributed by atoms with E-state index in [-0.39, 0.29) is 6.10 Å². The number of hydrogen-bond donors (Lipinski definition) is 1. The van der Waals surface area contributed by atoms with Crippen molar-refractivity contribution in [1.82, 2.24) is 4.90 Å². The van der Waals surface area contributed by atoms with Crippen molar-refractivity contribution in [1.29, 1.82) is 0 Å². The van der Waals surface area contributed by atoms with Crippen LogP contribution >= 0.6 is 0 Å². The van der Waals surface area contributed by atoms with Crippen LogP contribution in [-0.2, 0) is 4.74 Å². The molecule has 1 saturated heterocycles. The lowest BCUT2D eigenvalue weighted by atomic mass is 10.2. The number of likely N-dealkylation sites (N-methyl/N-ethyl adjacent to an activating group) is 1. The summed E-state index contributed by atoms with van der Waals surface area (Å²) in [6.45, 7) is 1.93. The summed E-state index contributed by atoms with van der Waals surface area (Å²) < 4.78 is 5.55. The second-order valence-corrected chi connectivity index (χ2v) is 4.80. The summed E-state index contributed by atoms with van der Waals surface area (Å²) in [6, 6.07) is 8.47. The highest BCUT2D eigenvalue weighted by Gasteiger charge is 2.34. The number of benzene rings is 1. The van der Waals surface area contributed by atoms with Gasteiger partial charge in [0.2, 0.25) is 0 Å². The lowest BCUT2D eigenvalue weighted by Gasteiger charge is -2.23. The van der Waals surface area contributed by atoms with Crippen LogP contribution in [0.25, 0.3) is 0 Å². The first kappa shape index (κ1) is 12.2. The van der Waals surface area contributed by atoms with Gasteiger partial charge in [0.25, 0.3) is 0 Å². The van der Waals surface area contributed by atoms with Gasteiger partial charge >= 0.3 is 0 Å². The number of nitrogens with zero attached hydrogens (tertiary/aromatic N) is 2. The smallest absolute Gasteiger partial charge is 0.0917 e. The topological polar surface area (TPSA) is 41.7 Å². The van der Waals surface area contributed by atoms with E-state index in [2.05, 4.69) is 36.0 Å². The van der Waals surface area contributed by atoms with Crippen molar-refractivity contribution in [2.75, 3.05) is 44.9 Å². The predicted octanol–water partition coefficient (Wildman–Crippen LogP) is 1.03. The Kier molecular flexibility index (Phi) is 3.54. The molecule has 2 atom stereocenters. The number of rotatable bonds is 3. The lowest BCUT2D eigenvalue weighted by molar-refractivity contribution is 0.0639. The second-order valence-electron chi connectivity index (χ2n) is 4.80. The van der Waals surface area contributed by atoms with Crippen LogP contribution in [0, 0.1) is 0 Å². The summed E-state index contributed by atoms with van der Waals surface area (Å²) in [5.41, 5.74) is 7.72. The SMILES string of the molecule is COC1CN(c2ccc(N)cc2)CC1N(C)C. The molecule has 0 aromatic heterocycles. The predicted molar refractivity (Wildman–Crippen MR) is 71.3 cm³/mol. The third-order valence-electron chi connectivity index (χ3n) is 3.46. The van der Waals surface area contributed by atoms with E-state index < -0.39 is 0 Å². The summed E-state index contributed by atoms with van der Waals surface area (Å²) in [7, 11) is 5.99. The summed E-state index contributed by atoms with van der Waals surface area (Å²) >= 11 is 0. The molecule has 2 N–H and O–H groups in total. The van der Waals surface area contributed by atoms with Gasteiger partial charge in [-0.1, -0.05) is 0 Å². The number of nitrogen functional groups attached to an aromatic ring is 1. The zero-order valence-corrected chi connectivity index (χ0v) is 10.8. The maximum absolute atomic E-state index is 5.70. The molecule has 2 rings (SSSR count). The van der Waals surface area contributed by atoms with Crippen LogP contribution in [0.2, 0.25) is 0 Å². The Morgan fingerprint density at radius 1 is 1.24 bits per heavy atom. The van der Waals surface area contributed by atoms with Crippen molar-refractivity contribution in [3.05, 3.63) is 24.3 Å². The van der Waals surface area contributed by atoms with Crippen molar-refractivity contribution in [3.8, 4) is 0 Å². The van der Waals surface area contributed by atoms with Gasteiger partial charge in [0.05, 0.1) is 12.1 Å². The minimum Gasteiger partial charge on any atom is -0.399 e. The number of ether oxygens (including phenoxy) is 1. The first-order valence-electron chi connectivity index (χ1n) is 5.91. The van der Waals surface area contributed by atoms with Gasteiger partial charge in [-0.3, -0.25) is 0 Å².